The van der Waals surface area contributed by atoms with Gasteiger partial charge in [-0.3, -0.25) is 4.90 Å². The molecule has 0 bridgehead atoms. The highest BCUT2D eigenvalue weighted by Gasteiger charge is 2.48. The van der Waals surface area contributed by atoms with E-state index in [9.17, 15) is 9.59 Å². The van der Waals surface area contributed by atoms with Gasteiger partial charge in [0.1, 0.15) is 17.6 Å². The van der Waals surface area contributed by atoms with Crippen LogP contribution in [0.1, 0.15) is 61.3 Å². The molecule has 1 amide bonds. The molecule has 0 spiro atoms. The first-order valence-corrected chi connectivity index (χ1v) is 8.08. The molecule has 0 radical (unpaired) electrons. The van der Waals surface area contributed by atoms with Gasteiger partial charge in [0.25, 0.3) is 0 Å². The third-order valence-corrected chi connectivity index (χ3v) is 3.83. The number of carbonyl (C=O) groups excluding carboxylic acids is 2. The second kappa shape index (κ2) is 6.99. The van der Waals surface area contributed by atoms with Crippen LogP contribution in [0.15, 0.2) is 0 Å². The number of ether oxygens (including phenoxy) is 2. The lowest BCUT2D eigenvalue weighted by atomic mass is 9.87. The molecule has 1 fully saturated rings. The fourth-order valence-electron chi connectivity index (χ4n) is 2.99. The van der Waals surface area contributed by atoms with Crippen molar-refractivity contribution < 1.29 is 19.1 Å². The maximum absolute atomic E-state index is 12.6. The monoisotopic (exact) mass is 313 g/mol. The van der Waals surface area contributed by atoms with Crippen LogP contribution in [0.5, 0.6) is 0 Å². The van der Waals surface area contributed by atoms with Crippen LogP contribution >= 0.6 is 0 Å². The number of aldehydes is 1. The van der Waals surface area contributed by atoms with Gasteiger partial charge in [0, 0.05) is 6.42 Å². The quantitative estimate of drug-likeness (QED) is 0.728. The van der Waals surface area contributed by atoms with E-state index >= 15 is 0 Å². The predicted molar refractivity (Wildman–Crippen MR) is 85.5 cm³/mol. The van der Waals surface area contributed by atoms with Crippen molar-refractivity contribution in [2.24, 2.45) is 11.8 Å². The molecule has 2 atom stereocenters. The standard InChI is InChI=1S/C17H31NO4/c1-12(2)10-13(8-9-19)14-11-21-17(6,7)18(14)15(20)22-16(3,4)5/h9,12-14H,8,10-11H2,1-7H3/t13-,14-/m0/s1. The predicted octanol–water partition coefficient (Wildman–Crippen LogP) is 3.61. The highest BCUT2D eigenvalue weighted by Crippen LogP contribution is 2.35. The summed E-state index contributed by atoms with van der Waals surface area (Å²) in [4.78, 5) is 25.3. The highest BCUT2D eigenvalue weighted by molar-refractivity contribution is 5.70. The first kappa shape index (κ1) is 18.9. The van der Waals surface area contributed by atoms with Gasteiger partial charge in [0.2, 0.25) is 0 Å². The number of carbonyl (C=O) groups is 2. The molecule has 0 aromatic heterocycles. The zero-order chi connectivity index (χ0) is 17.1. The van der Waals surface area contributed by atoms with Crippen molar-refractivity contribution in [2.75, 3.05) is 6.61 Å². The van der Waals surface area contributed by atoms with Gasteiger partial charge in [-0.2, -0.15) is 0 Å². The van der Waals surface area contributed by atoms with Gasteiger partial charge in [0.15, 0.2) is 0 Å². The summed E-state index contributed by atoms with van der Waals surface area (Å²) in [7, 11) is 0. The van der Waals surface area contributed by atoms with Gasteiger partial charge in [0.05, 0.1) is 12.6 Å². The Morgan fingerprint density at radius 3 is 2.45 bits per heavy atom. The van der Waals surface area contributed by atoms with Crippen LogP contribution in [0.3, 0.4) is 0 Å². The molecule has 1 saturated heterocycles. The van der Waals surface area contributed by atoms with E-state index in [2.05, 4.69) is 13.8 Å². The van der Waals surface area contributed by atoms with Gasteiger partial charge < -0.3 is 14.3 Å². The summed E-state index contributed by atoms with van der Waals surface area (Å²) in [6.07, 6.45) is 1.87. The number of rotatable bonds is 5. The molecular formula is C17H31NO4. The molecule has 5 heteroatoms. The van der Waals surface area contributed by atoms with E-state index in [0.717, 1.165) is 12.7 Å². The summed E-state index contributed by atoms with van der Waals surface area (Å²) < 4.78 is 11.4. The van der Waals surface area contributed by atoms with Crippen LogP contribution in [0.2, 0.25) is 0 Å². The topological polar surface area (TPSA) is 55.8 Å². The van der Waals surface area contributed by atoms with Crippen molar-refractivity contribution in [3.63, 3.8) is 0 Å². The van der Waals surface area contributed by atoms with E-state index in [0.29, 0.717) is 18.9 Å². The normalized spacial score (nSPS) is 22.7. The number of hydrogen-bond acceptors (Lipinski definition) is 4. The lowest BCUT2D eigenvalue weighted by molar-refractivity contribution is -0.109. The Morgan fingerprint density at radius 2 is 2.00 bits per heavy atom. The molecule has 1 aliphatic heterocycles. The lowest BCUT2D eigenvalue weighted by Gasteiger charge is -2.37. The van der Waals surface area contributed by atoms with Crippen molar-refractivity contribution in [1.29, 1.82) is 0 Å². The summed E-state index contributed by atoms with van der Waals surface area (Å²) in [5, 5.41) is 0. The van der Waals surface area contributed by atoms with Crippen LogP contribution in [-0.2, 0) is 14.3 Å². The maximum Gasteiger partial charge on any atom is 0.412 e. The third-order valence-electron chi connectivity index (χ3n) is 3.83. The average Bonchev–Trinajstić information content (AvgIpc) is 2.61. The Kier molecular flexibility index (Phi) is 6.02. The fraction of sp³-hybridized carbons (Fsp3) is 0.882. The largest absolute Gasteiger partial charge is 0.444 e. The molecule has 128 valence electrons. The Bertz CT molecular complexity index is 398. The van der Waals surface area contributed by atoms with E-state index in [4.69, 9.17) is 9.47 Å². The molecule has 1 heterocycles. The molecule has 0 saturated carbocycles. The minimum Gasteiger partial charge on any atom is -0.444 e. The number of amides is 1. The SMILES string of the molecule is CC(C)C[C@H](CC=O)[C@@H]1COC(C)(C)N1C(=O)OC(C)(C)C. The molecule has 0 aromatic carbocycles. The molecule has 22 heavy (non-hydrogen) atoms. The summed E-state index contributed by atoms with van der Waals surface area (Å²) in [6.45, 7) is 14.0. The Hall–Kier alpha value is -1.10. The summed E-state index contributed by atoms with van der Waals surface area (Å²) in [5.41, 5.74) is -1.27. The van der Waals surface area contributed by atoms with E-state index in [-0.39, 0.29) is 18.1 Å². The van der Waals surface area contributed by atoms with Crippen molar-refractivity contribution in [2.45, 2.75) is 78.7 Å². The highest BCUT2D eigenvalue weighted by atomic mass is 16.6. The van der Waals surface area contributed by atoms with Crippen LogP contribution in [0.25, 0.3) is 0 Å². The van der Waals surface area contributed by atoms with Crippen LogP contribution in [0.4, 0.5) is 4.79 Å². The van der Waals surface area contributed by atoms with Gasteiger partial charge in [-0.25, -0.2) is 4.79 Å². The molecule has 0 aliphatic carbocycles. The second-order valence-corrected chi connectivity index (χ2v) is 7.97. The first-order valence-electron chi connectivity index (χ1n) is 8.08. The summed E-state index contributed by atoms with van der Waals surface area (Å²) >= 11 is 0. The van der Waals surface area contributed by atoms with Crippen molar-refractivity contribution in [1.82, 2.24) is 4.90 Å². The van der Waals surface area contributed by atoms with Crippen molar-refractivity contribution in [3.05, 3.63) is 0 Å². The van der Waals surface area contributed by atoms with Crippen LogP contribution < -0.4 is 0 Å². The molecule has 1 aliphatic rings. The minimum absolute atomic E-state index is 0.0896. The zero-order valence-electron chi connectivity index (χ0n) is 15.0. The summed E-state index contributed by atoms with van der Waals surface area (Å²) in [5.74, 6) is 0.543. The van der Waals surface area contributed by atoms with Crippen molar-refractivity contribution >= 4 is 12.4 Å². The molecular weight excluding hydrogens is 282 g/mol. The molecule has 0 N–H and O–H groups in total. The van der Waals surface area contributed by atoms with Crippen LogP contribution in [-0.4, -0.2) is 41.3 Å². The Balaban J connectivity index is 3.00. The van der Waals surface area contributed by atoms with Gasteiger partial charge >= 0.3 is 6.09 Å². The second-order valence-electron chi connectivity index (χ2n) is 7.97. The maximum atomic E-state index is 12.6. The summed E-state index contributed by atoms with van der Waals surface area (Å²) in [6, 6.07) is -0.127. The van der Waals surface area contributed by atoms with E-state index < -0.39 is 11.3 Å². The first-order chi connectivity index (χ1) is 9.98. The third kappa shape index (κ3) is 4.97. The van der Waals surface area contributed by atoms with E-state index in [1.165, 1.54) is 0 Å². The molecule has 1 rings (SSSR count). The molecule has 0 aromatic rings. The molecule has 0 unspecified atom stereocenters. The Labute approximate surface area is 134 Å². The smallest absolute Gasteiger partial charge is 0.412 e. The fourth-order valence-corrected chi connectivity index (χ4v) is 2.99. The van der Waals surface area contributed by atoms with Crippen LogP contribution in [0, 0.1) is 11.8 Å². The van der Waals surface area contributed by atoms with E-state index in [1.54, 1.807) is 4.90 Å². The number of hydrogen-bond donors (Lipinski definition) is 0. The van der Waals surface area contributed by atoms with Gasteiger partial charge in [-0.15, -0.1) is 0 Å². The lowest BCUT2D eigenvalue weighted by Crippen LogP contribution is -2.52. The molecule has 5 nitrogen and oxygen atoms in total. The number of nitrogens with zero attached hydrogens (tertiary/aromatic N) is 1. The van der Waals surface area contributed by atoms with E-state index in [1.807, 2.05) is 34.6 Å². The Morgan fingerprint density at radius 1 is 1.41 bits per heavy atom. The van der Waals surface area contributed by atoms with Crippen molar-refractivity contribution in [3.8, 4) is 0 Å². The zero-order valence-corrected chi connectivity index (χ0v) is 15.0. The minimum atomic E-state index is -0.717. The van der Waals surface area contributed by atoms with Gasteiger partial charge in [-0.1, -0.05) is 13.8 Å². The van der Waals surface area contributed by atoms with Gasteiger partial charge in [-0.05, 0) is 52.9 Å². The average molecular weight is 313 g/mol.